The van der Waals surface area contributed by atoms with E-state index in [0.29, 0.717) is 24.1 Å². The van der Waals surface area contributed by atoms with Crippen molar-refractivity contribution in [2.45, 2.75) is 18.3 Å². The van der Waals surface area contributed by atoms with E-state index in [1.807, 2.05) is 0 Å². The van der Waals surface area contributed by atoms with Crippen LogP contribution < -0.4 is 4.72 Å². The van der Waals surface area contributed by atoms with Crippen molar-refractivity contribution in [2.75, 3.05) is 10.5 Å². The fourth-order valence-corrected chi connectivity index (χ4v) is 2.65. The SMILES string of the molecule is N#CCS(=O)(=O)Nc1ccc(C2(C(=O)O)CC2)cc1. The number of carboxylic acids is 1. The molecule has 0 spiro atoms. The lowest BCUT2D eigenvalue weighted by Gasteiger charge is -2.11. The molecule has 1 aromatic rings. The summed E-state index contributed by atoms with van der Waals surface area (Å²) in [5.41, 5.74) is 0.188. The lowest BCUT2D eigenvalue weighted by atomic mass is 9.96. The highest BCUT2D eigenvalue weighted by Crippen LogP contribution is 2.48. The summed E-state index contributed by atoms with van der Waals surface area (Å²) in [6.45, 7) is 0. The third-order valence-electron chi connectivity index (χ3n) is 3.12. The Kier molecular flexibility index (Phi) is 3.20. The van der Waals surface area contributed by atoms with Gasteiger partial charge in [0, 0.05) is 5.69 Å². The normalized spacial score (nSPS) is 16.4. The molecule has 19 heavy (non-hydrogen) atoms. The first-order chi connectivity index (χ1) is 8.89. The van der Waals surface area contributed by atoms with Crippen LogP contribution in [0, 0.1) is 11.3 Å². The number of sulfonamides is 1. The highest BCUT2D eigenvalue weighted by molar-refractivity contribution is 7.92. The van der Waals surface area contributed by atoms with E-state index in [1.54, 1.807) is 18.2 Å². The number of aliphatic carboxylic acids is 1. The zero-order chi connectivity index (χ0) is 14.1. The lowest BCUT2D eigenvalue weighted by Crippen LogP contribution is -2.19. The van der Waals surface area contributed by atoms with Crippen LogP contribution >= 0.6 is 0 Å². The van der Waals surface area contributed by atoms with Crippen LogP contribution in [0.2, 0.25) is 0 Å². The largest absolute Gasteiger partial charge is 0.481 e. The molecule has 2 N–H and O–H groups in total. The molecule has 0 radical (unpaired) electrons. The molecule has 0 aromatic heterocycles. The number of hydrogen-bond acceptors (Lipinski definition) is 4. The summed E-state index contributed by atoms with van der Waals surface area (Å²) in [4.78, 5) is 11.1. The quantitative estimate of drug-likeness (QED) is 0.838. The minimum Gasteiger partial charge on any atom is -0.481 e. The maximum absolute atomic E-state index is 11.4. The predicted molar refractivity (Wildman–Crippen MR) is 68.0 cm³/mol. The van der Waals surface area contributed by atoms with Crippen LogP contribution in [0.1, 0.15) is 18.4 Å². The highest BCUT2D eigenvalue weighted by Gasteiger charge is 2.51. The molecule has 0 aliphatic heterocycles. The Morgan fingerprint density at radius 3 is 2.37 bits per heavy atom. The van der Waals surface area contributed by atoms with Crippen molar-refractivity contribution in [3.63, 3.8) is 0 Å². The minimum absolute atomic E-state index is 0.320. The van der Waals surface area contributed by atoms with Crippen molar-refractivity contribution in [3.8, 4) is 6.07 Å². The van der Waals surface area contributed by atoms with Crippen LogP contribution in [0.5, 0.6) is 0 Å². The van der Waals surface area contributed by atoms with E-state index in [1.165, 1.54) is 12.1 Å². The van der Waals surface area contributed by atoms with Gasteiger partial charge in [-0.05, 0) is 30.5 Å². The van der Waals surface area contributed by atoms with Crippen LogP contribution in [0.3, 0.4) is 0 Å². The Bertz CT molecular complexity index is 639. The first-order valence-corrected chi connectivity index (χ1v) is 7.26. The number of nitrogens with zero attached hydrogens (tertiary/aromatic N) is 1. The van der Waals surface area contributed by atoms with E-state index in [9.17, 15) is 13.2 Å². The Balaban J connectivity index is 2.17. The second-order valence-electron chi connectivity index (χ2n) is 4.48. The van der Waals surface area contributed by atoms with Crippen LogP contribution in [-0.2, 0) is 20.2 Å². The fraction of sp³-hybridized carbons (Fsp3) is 0.333. The minimum atomic E-state index is -3.66. The molecule has 6 nitrogen and oxygen atoms in total. The second-order valence-corrected chi connectivity index (χ2v) is 6.21. The molecule has 0 amide bonds. The highest BCUT2D eigenvalue weighted by atomic mass is 32.2. The molecule has 1 aliphatic rings. The number of rotatable bonds is 5. The van der Waals surface area contributed by atoms with E-state index in [0.717, 1.165) is 0 Å². The Hall–Kier alpha value is -2.07. The summed E-state index contributed by atoms with van der Waals surface area (Å²) in [6, 6.07) is 7.78. The van der Waals surface area contributed by atoms with Gasteiger partial charge >= 0.3 is 5.97 Å². The average molecular weight is 280 g/mol. The molecule has 1 saturated carbocycles. The number of carbonyl (C=O) groups is 1. The number of hydrogen-bond donors (Lipinski definition) is 2. The van der Waals surface area contributed by atoms with Gasteiger partial charge in [-0.15, -0.1) is 0 Å². The Morgan fingerprint density at radius 2 is 1.95 bits per heavy atom. The Morgan fingerprint density at radius 1 is 1.37 bits per heavy atom. The molecule has 0 unspecified atom stereocenters. The molecule has 7 heteroatoms. The zero-order valence-corrected chi connectivity index (χ0v) is 10.8. The van der Waals surface area contributed by atoms with Gasteiger partial charge in [0.2, 0.25) is 10.0 Å². The molecule has 0 saturated heterocycles. The zero-order valence-electron chi connectivity index (χ0n) is 9.96. The molecule has 0 heterocycles. The van der Waals surface area contributed by atoms with Gasteiger partial charge < -0.3 is 5.11 Å². The van der Waals surface area contributed by atoms with E-state index in [-0.39, 0.29) is 0 Å². The second kappa shape index (κ2) is 4.55. The van der Waals surface area contributed by atoms with Crippen molar-refractivity contribution in [2.24, 2.45) is 0 Å². The van der Waals surface area contributed by atoms with Crippen LogP contribution in [-0.4, -0.2) is 25.2 Å². The van der Waals surface area contributed by atoms with Crippen LogP contribution in [0.4, 0.5) is 5.69 Å². The number of nitrogens with one attached hydrogen (secondary N) is 1. The Labute approximate surface area is 110 Å². The van der Waals surface area contributed by atoms with Gasteiger partial charge in [-0.3, -0.25) is 9.52 Å². The van der Waals surface area contributed by atoms with Gasteiger partial charge in [0.15, 0.2) is 5.75 Å². The third-order valence-corrected chi connectivity index (χ3v) is 4.18. The number of nitriles is 1. The first-order valence-electron chi connectivity index (χ1n) is 5.61. The topological polar surface area (TPSA) is 107 Å². The molecule has 1 aromatic carbocycles. The summed E-state index contributed by atoms with van der Waals surface area (Å²) in [7, 11) is -3.66. The lowest BCUT2D eigenvalue weighted by molar-refractivity contribution is -0.140. The van der Waals surface area contributed by atoms with Gasteiger partial charge in [0.05, 0.1) is 11.5 Å². The van der Waals surface area contributed by atoms with Crippen molar-refractivity contribution in [1.82, 2.24) is 0 Å². The monoisotopic (exact) mass is 280 g/mol. The standard InChI is InChI=1S/C12H12N2O4S/c13-7-8-19(17,18)14-10-3-1-9(2-4-10)12(5-6-12)11(15)16/h1-4,14H,5-6,8H2,(H,15,16). The predicted octanol–water partition coefficient (Wildman–Crippen LogP) is 1.07. The molecule has 100 valence electrons. The first kappa shape index (κ1) is 13.4. The van der Waals surface area contributed by atoms with E-state index >= 15 is 0 Å². The molecule has 1 aliphatic carbocycles. The summed E-state index contributed by atoms with van der Waals surface area (Å²) in [6.07, 6.45) is 1.20. The summed E-state index contributed by atoms with van der Waals surface area (Å²) < 4.78 is 25.0. The maximum Gasteiger partial charge on any atom is 0.314 e. The van der Waals surface area contributed by atoms with Gasteiger partial charge in [-0.2, -0.15) is 5.26 Å². The molecule has 2 rings (SSSR count). The summed E-state index contributed by atoms with van der Waals surface area (Å²) in [5.74, 6) is -1.47. The van der Waals surface area contributed by atoms with E-state index < -0.39 is 27.2 Å². The number of anilines is 1. The number of carboxylic acid groups (broad SMARTS) is 1. The van der Waals surface area contributed by atoms with Crippen molar-refractivity contribution < 1.29 is 18.3 Å². The van der Waals surface area contributed by atoms with Gasteiger partial charge in [0.1, 0.15) is 0 Å². The van der Waals surface area contributed by atoms with Crippen LogP contribution in [0.25, 0.3) is 0 Å². The van der Waals surface area contributed by atoms with Crippen molar-refractivity contribution in [3.05, 3.63) is 29.8 Å². The smallest absolute Gasteiger partial charge is 0.314 e. The van der Waals surface area contributed by atoms with Gasteiger partial charge in [0.25, 0.3) is 0 Å². The molecule has 0 atom stereocenters. The number of benzene rings is 1. The summed E-state index contributed by atoms with van der Waals surface area (Å²) >= 11 is 0. The van der Waals surface area contributed by atoms with Crippen LogP contribution in [0.15, 0.2) is 24.3 Å². The average Bonchev–Trinajstić information content (AvgIpc) is 3.10. The molecular weight excluding hydrogens is 268 g/mol. The third kappa shape index (κ3) is 2.69. The van der Waals surface area contributed by atoms with Gasteiger partial charge in [-0.25, -0.2) is 8.42 Å². The maximum atomic E-state index is 11.4. The molecule has 1 fully saturated rings. The molecule has 0 bridgehead atoms. The van der Waals surface area contributed by atoms with E-state index in [4.69, 9.17) is 10.4 Å². The van der Waals surface area contributed by atoms with Gasteiger partial charge in [-0.1, -0.05) is 12.1 Å². The van der Waals surface area contributed by atoms with E-state index in [2.05, 4.69) is 4.72 Å². The fourth-order valence-electron chi connectivity index (χ4n) is 1.91. The van der Waals surface area contributed by atoms with Crippen molar-refractivity contribution in [1.29, 1.82) is 5.26 Å². The molecular formula is C12H12N2O4S. The summed E-state index contributed by atoms with van der Waals surface area (Å²) in [5, 5.41) is 17.5. The van der Waals surface area contributed by atoms with Crippen molar-refractivity contribution >= 4 is 21.7 Å².